The van der Waals surface area contributed by atoms with Crippen LogP contribution in [0.2, 0.25) is 0 Å². The molecule has 1 N–H and O–H groups in total. The number of para-hydroxylation sites is 1. The molecule has 4 rings (SSSR count). The molecule has 0 aliphatic heterocycles. The van der Waals surface area contributed by atoms with Gasteiger partial charge in [-0.2, -0.15) is 15.4 Å². The second kappa shape index (κ2) is 6.12. The van der Waals surface area contributed by atoms with Crippen molar-refractivity contribution in [2.45, 2.75) is 13.0 Å². The smallest absolute Gasteiger partial charge is 0.141 e. The summed E-state index contributed by atoms with van der Waals surface area (Å²) in [6.45, 7) is 1.95. The van der Waals surface area contributed by atoms with E-state index >= 15 is 0 Å². The molecule has 118 valence electrons. The molecular weight excluding hydrogens is 300 g/mol. The highest BCUT2D eigenvalue weighted by Crippen LogP contribution is 2.32. The Morgan fingerprint density at radius 3 is 2.58 bits per heavy atom. The van der Waals surface area contributed by atoms with Crippen molar-refractivity contribution < 1.29 is 4.74 Å². The summed E-state index contributed by atoms with van der Waals surface area (Å²) in [7, 11) is 0. The van der Waals surface area contributed by atoms with Gasteiger partial charge in [-0.15, -0.1) is 0 Å². The number of ether oxygens (including phenoxy) is 1. The third-order valence-electron chi connectivity index (χ3n) is 3.90. The lowest BCUT2D eigenvalue weighted by molar-refractivity contribution is 0.224. The average molecular weight is 316 g/mol. The maximum Gasteiger partial charge on any atom is 0.141 e. The molecule has 24 heavy (non-hydrogen) atoms. The first-order valence-corrected chi connectivity index (χ1v) is 7.79. The molecule has 5 nitrogen and oxygen atoms in total. The van der Waals surface area contributed by atoms with Gasteiger partial charge in [-0.1, -0.05) is 42.5 Å². The number of rotatable bonds is 4. The molecule has 2 heterocycles. The minimum absolute atomic E-state index is 0.210. The normalized spacial score (nSPS) is 12.2. The highest BCUT2D eigenvalue weighted by molar-refractivity contribution is 5.87. The minimum Gasteiger partial charge on any atom is -0.483 e. The molecule has 2 aromatic heterocycles. The van der Waals surface area contributed by atoms with Gasteiger partial charge in [-0.3, -0.25) is 0 Å². The predicted octanol–water partition coefficient (Wildman–Crippen LogP) is 4.16. The number of nitrogens with one attached hydrogen (secondary N) is 1. The van der Waals surface area contributed by atoms with Crippen LogP contribution in [0.15, 0.2) is 66.9 Å². The Labute approximate surface area is 139 Å². The van der Waals surface area contributed by atoms with Gasteiger partial charge in [-0.25, -0.2) is 4.98 Å². The summed E-state index contributed by atoms with van der Waals surface area (Å²) in [6, 6.07) is 20.0. The van der Waals surface area contributed by atoms with Crippen LogP contribution in [-0.2, 0) is 0 Å². The van der Waals surface area contributed by atoms with E-state index in [2.05, 4.69) is 15.4 Å². The summed E-state index contributed by atoms with van der Waals surface area (Å²) in [5.41, 5.74) is 3.61. The van der Waals surface area contributed by atoms with Gasteiger partial charge in [0.15, 0.2) is 0 Å². The van der Waals surface area contributed by atoms with Gasteiger partial charge >= 0.3 is 0 Å². The zero-order chi connectivity index (χ0) is 16.4. The van der Waals surface area contributed by atoms with Gasteiger partial charge in [0.1, 0.15) is 17.5 Å². The maximum atomic E-state index is 6.17. The molecule has 1 atom stereocenters. The first kappa shape index (κ1) is 14.4. The molecule has 0 amide bonds. The lowest BCUT2D eigenvalue weighted by atomic mass is 10.1. The van der Waals surface area contributed by atoms with Gasteiger partial charge in [-0.05, 0) is 19.1 Å². The lowest BCUT2D eigenvalue weighted by Crippen LogP contribution is -2.04. The van der Waals surface area contributed by atoms with E-state index in [-0.39, 0.29) is 6.10 Å². The van der Waals surface area contributed by atoms with Crippen molar-refractivity contribution in [3.63, 3.8) is 0 Å². The van der Waals surface area contributed by atoms with E-state index < -0.39 is 0 Å². The number of hydrogen-bond acceptors (Lipinski definition) is 4. The van der Waals surface area contributed by atoms with E-state index in [4.69, 9.17) is 9.72 Å². The number of aromatic amines is 1. The largest absolute Gasteiger partial charge is 0.483 e. The van der Waals surface area contributed by atoms with Crippen LogP contribution in [-0.4, -0.2) is 20.4 Å². The Morgan fingerprint density at radius 2 is 1.79 bits per heavy atom. The number of fused-ring (bicyclic) bond motifs is 1. The van der Waals surface area contributed by atoms with Gasteiger partial charge in [0.25, 0.3) is 0 Å². The monoisotopic (exact) mass is 316 g/mol. The molecule has 5 heteroatoms. The third kappa shape index (κ3) is 2.72. The molecule has 0 bridgehead atoms. The van der Waals surface area contributed by atoms with Crippen LogP contribution in [0.3, 0.4) is 0 Å². The van der Waals surface area contributed by atoms with Crippen molar-refractivity contribution in [2.75, 3.05) is 0 Å². The Kier molecular flexibility index (Phi) is 3.67. The quantitative estimate of drug-likeness (QED) is 0.614. The molecule has 0 aliphatic carbocycles. The standard InChI is InChI=1S/C19H16N4O/c1-13(18-12-20-23-22-18)24-19-11-17(14-7-3-2-4-8-14)21-16-10-6-5-9-15(16)19/h2-13H,1H3,(H,20,22,23). The molecule has 1 unspecified atom stereocenters. The van der Waals surface area contributed by atoms with E-state index in [1.807, 2.05) is 67.6 Å². The minimum atomic E-state index is -0.210. The van der Waals surface area contributed by atoms with Crippen LogP contribution in [0.25, 0.3) is 22.2 Å². The van der Waals surface area contributed by atoms with Gasteiger partial charge in [0, 0.05) is 17.0 Å². The van der Waals surface area contributed by atoms with Crippen LogP contribution in [0.5, 0.6) is 5.75 Å². The third-order valence-corrected chi connectivity index (χ3v) is 3.90. The van der Waals surface area contributed by atoms with Gasteiger partial charge in [0.2, 0.25) is 0 Å². The van der Waals surface area contributed by atoms with Crippen molar-refractivity contribution in [3.8, 4) is 17.0 Å². The molecule has 0 radical (unpaired) electrons. The van der Waals surface area contributed by atoms with Crippen molar-refractivity contribution in [3.05, 3.63) is 72.6 Å². The summed E-state index contributed by atoms with van der Waals surface area (Å²) < 4.78 is 6.17. The predicted molar refractivity (Wildman–Crippen MR) is 92.6 cm³/mol. The Balaban J connectivity index is 1.81. The van der Waals surface area contributed by atoms with Crippen LogP contribution in [0, 0.1) is 0 Å². The van der Waals surface area contributed by atoms with Gasteiger partial charge in [0.05, 0.1) is 17.4 Å². The molecule has 0 spiro atoms. The Bertz CT molecular complexity index is 952. The number of aromatic nitrogens is 4. The van der Waals surface area contributed by atoms with Crippen molar-refractivity contribution in [1.29, 1.82) is 0 Å². The number of nitrogens with zero attached hydrogens (tertiary/aromatic N) is 3. The zero-order valence-corrected chi connectivity index (χ0v) is 13.2. The van der Waals surface area contributed by atoms with Crippen molar-refractivity contribution in [2.24, 2.45) is 0 Å². The molecular formula is C19H16N4O. The SMILES string of the molecule is CC(Oc1cc(-c2ccccc2)nc2ccccc12)c1cn[nH]n1. The summed E-state index contributed by atoms with van der Waals surface area (Å²) >= 11 is 0. The Morgan fingerprint density at radius 1 is 1.00 bits per heavy atom. The number of benzene rings is 2. The van der Waals surface area contributed by atoms with Crippen LogP contribution < -0.4 is 4.74 Å². The highest BCUT2D eigenvalue weighted by Gasteiger charge is 2.14. The topological polar surface area (TPSA) is 63.7 Å². The summed E-state index contributed by atoms with van der Waals surface area (Å²) in [5, 5.41) is 11.5. The first-order valence-electron chi connectivity index (χ1n) is 7.79. The lowest BCUT2D eigenvalue weighted by Gasteiger charge is -2.15. The number of pyridine rings is 1. The van der Waals surface area contributed by atoms with E-state index in [0.29, 0.717) is 0 Å². The van der Waals surface area contributed by atoms with E-state index in [1.54, 1.807) is 6.20 Å². The molecule has 0 saturated heterocycles. The van der Waals surface area contributed by atoms with Crippen molar-refractivity contribution >= 4 is 10.9 Å². The molecule has 4 aromatic rings. The van der Waals surface area contributed by atoms with E-state index in [9.17, 15) is 0 Å². The number of hydrogen-bond donors (Lipinski definition) is 1. The zero-order valence-electron chi connectivity index (χ0n) is 13.2. The van der Waals surface area contributed by atoms with Crippen LogP contribution in [0.1, 0.15) is 18.7 Å². The van der Waals surface area contributed by atoms with E-state index in [0.717, 1.165) is 33.6 Å². The highest BCUT2D eigenvalue weighted by atomic mass is 16.5. The van der Waals surface area contributed by atoms with Crippen LogP contribution in [0.4, 0.5) is 0 Å². The fraction of sp³-hybridized carbons (Fsp3) is 0.105. The van der Waals surface area contributed by atoms with E-state index in [1.165, 1.54) is 0 Å². The molecule has 0 saturated carbocycles. The summed E-state index contributed by atoms with van der Waals surface area (Å²) in [6.07, 6.45) is 1.46. The van der Waals surface area contributed by atoms with Crippen molar-refractivity contribution in [1.82, 2.24) is 20.4 Å². The molecule has 0 aliphatic rings. The Hall–Kier alpha value is -3.21. The maximum absolute atomic E-state index is 6.17. The van der Waals surface area contributed by atoms with Gasteiger partial charge < -0.3 is 4.74 Å². The molecule has 0 fully saturated rings. The average Bonchev–Trinajstić information content (AvgIpc) is 3.17. The summed E-state index contributed by atoms with van der Waals surface area (Å²) in [4.78, 5) is 4.76. The molecule has 2 aromatic carbocycles. The van der Waals surface area contributed by atoms with Crippen LogP contribution >= 0.6 is 0 Å². The second-order valence-electron chi connectivity index (χ2n) is 5.54. The number of H-pyrrole nitrogens is 1. The fourth-order valence-corrected chi connectivity index (χ4v) is 2.65. The fourth-order valence-electron chi connectivity index (χ4n) is 2.65. The second-order valence-corrected chi connectivity index (χ2v) is 5.54. The first-order chi connectivity index (χ1) is 11.8. The summed E-state index contributed by atoms with van der Waals surface area (Å²) in [5.74, 6) is 0.787.